The number of para-hydroxylation sites is 1. The van der Waals surface area contributed by atoms with E-state index >= 15 is 0 Å². The highest BCUT2D eigenvalue weighted by Gasteiger charge is 2.18. The van der Waals surface area contributed by atoms with Crippen molar-refractivity contribution in [2.24, 2.45) is 0 Å². The lowest BCUT2D eigenvalue weighted by atomic mass is 10.0. The van der Waals surface area contributed by atoms with Crippen molar-refractivity contribution >= 4 is 16.7 Å². The minimum atomic E-state index is -0.243. The van der Waals surface area contributed by atoms with Gasteiger partial charge in [0.2, 0.25) is 0 Å². The van der Waals surface area contributed by atoms with Crippen LogP contribution in [0.15, 0.2) is 59.4 Å². The standard InChI is InChI=1S/C25H30N4O2/c1-19-11-7-9-17-28(19)18-10-8-16-26-24(30)23-21-14-5-6-15-22(21)25(31)29(27-23)20-12-3-2-4-13-20/h2-6,12-15,19H,7-11,16-18H2,1H3,(H,26,30). The number of piperidine rings is 1. The van der Waals surface area contributed by atoms with Crippen molar-refractivity contribution < 1.29 is 4.79 Å². The Hall–Kier alpha value is -2.99. The van der Waals surface area contributed by atoms with E-state index in [4.69, 9.17) is 0 Å². The number of nitrogens with one attached hydrogen (secondary N) is 1. The minimum Gasteiger partial charge on any atom is -0.351 e. The lowest BCUT2D eigenvalue weighted by Gasteiger charge is -2.33. The fraction of sp³-hybridized carbons (Fsp3) is 0.400. The van der Waals surface area contributed by atoms with E-state index in [-0.39, 0.29) is 17.2 Å². The van der Waals surface area contributed by atoms with Crippen molar-refractivity contribution in [3.63, 3.8) is 0 Å². The smallest absolute Gasteiger partial charge is 0.279 e. The zero-order valence-electron chi connectivity index (χ0n) is 18.1. The molecule has 0 radical (unpaired) electrons. The molecule has 0 spiro atoms. The molecule has 1 aliphatic rings. The highest BCUT2D eigenvalue weighted by atomic mass is 16.2. The van der Waals surface area contributed by atoms with Crippen LogP contribution in [0.25, 0.3) is 16.5 Å². The molecule has 3 aromatic rings. The predicted octanol–water partition coefficient (Wildman–Crippen LogP) is 3.77. The summed E-state index contributed by atoms with van der Waals surface area (Å²) in [6, 6.07) is 17.0. The quantitative estimate of drug-likeness (QED) is 0.593. The molecular weight excluding hydrogens is 388 g/mol. The van der Waals surface area contributed by atoms with E-state index in [0.717, 1.165) is 19.4 Å². The number of likely N-dealkylation sites (tertiary alicyclic amines) is 1. The number of nitrogens with zero attached hydrogens (tertiary/aromatic N) is 3. The van der Waals surface area contributed by atoms with Gasteiger partial charge in [-0.2, -0.15) is 9.78 Å². The molecule has 0 aliphatic carbocycles. The third-order valence-corrected chi connectivity index (χ3v) is 6.12. The first-order valence-electron chi connectivity index (χ1n) is 11.2. The molecule has 2 aromatic carbocycles. The number of carbonyl (C=O) groups excluding carboxylic acids is 1. The normalized spacial score (nSPS) is 17.0. The first kappa shape index (κ1) is 21.2. The molecule has 31 heavy (non-hydrogen) atoms. The average molecular weight is 419 g/mol. The first-order valence-corrected chi connectivity index (χ1v) is 11.2. The summed E-state index contributed by atoms with van der Waals surface area (Å²) in [6.45, 7) is 5.17. The molecule has 1 atom stereocenters. The molecule has 1 N–H and O–H groups in total. The van der Waals surface area contributed by atoms with Gasteiger partial charge in [-0.05, 0) is 63.9 Å². The Labute approximate surface area is 182 Å². The van der Waals surface area contributed by atoms with Gasteiger partial charge in [-0.25, -0.2) is 0 Å². The van der Waals surface area contributed by atoms with Gasteiger partial charge in [0.1, 0.15) is 0 Å². The summed E-state index contributed by atoms with van der Waals surface area (Å²) >= 11 is 0. The van der Waals surface area contributed by atoms with Gasteiger partial charge in [0.25, 0.3) is 11.5 Å². The lowest BCUT2D eigenvalue weighted by Crippen LogP contribution is -2.38. The highest BCUT2D eigenvalue weighted by Crippen LogP contribution is 2.17. The van der Waals surface area contributed by atoms with Crippen molar-refractivity contribution in [1.29, 1.82) is 0 Å². The Balaban J connectivity index is 1.46. The molecule has 0 bridgehead atoms. The van der Waals surface area contributed by atoms with Crippen LogP contribution in [0.2, 0.25) is 0 Å². The summed E-state index contributed by atoms with van der Waals surface area (Å²) in [5.41, 5.74) is 0.695. The molecule has 2 heterocycles. The highest BCUT2D eigenvalue weighted by molar-refractivity contribution is 6.04. The number of benzene rings is 2. The summed E-state index contributed by atoms with van der Waals surface area (Å²) < 4.78 is 1.31. The fourth-order valence-corrected chi connectivity index (χ4v) is 4.32. The molecule has 6 nitrogen and oxygen atoms in total. The van der Waals surface area contributed by atoms with Crippen LogP contribution < -0.4 is 10.9 Å². The molecule has 6 heteroatoms. The first-order chi connectivity index (χ1) is 15.1. The van der Waals surface area contributed by atoms with Crippen LogP contribution in [0.5, 0.6) is 0 Å². The molecule has 1 fully saturated rings. The number of hydrogen-bond acceptors (Lipinski definition) is 4. The maximum Gasteiger partial charge on any atom is 0.279 e. The number of amides is 1. The number of carbonyl (C=O) groups is 1. The summed E-state index contributed by atoms with van der Waals surface area (Å²) in [5.74, 6) is -0.243. The Morgan fingerprint density at radius 2 is 1.77 bits per heavy atom. The number of hydrogen-bond donors (Lipinski definition) is 1. The van der Waals surface area contributed by atoms with E-state index in [9.17, 15) is 9.59 Å². The van der Waals surface area contributed by atoms with E-state index < -0.39 is 0 Å². The largest absolute Gasteiger partial charge is 0.351 e. The summed E-state index contributed by atoms with van der Waals surface area (Å²) in [5, 5.41) is 8.51. The molecule has 0 saturated carbocycles. The zero-order valence-corrected chi connectivity index (χ0v) is 18.1. The Kier molecular flexibility index (Phi) is 6.77. The summed E-state index contributed by atoms with van der Waals surface area (Å²) in [7, 11) is 0. The van der Waals surface area contributed by atoms with Crippen LogP contribution in [0.3, 0.4) is 0 Å². The van der Waals surface area contributed by atoms with Gasteiger partial charge in [-0.1, -0.05) is 42.8 Å². The van der Waals surface area contributed by atoms with E-state index in [0.29, 0.717) is 29.0 Å². The molecule has 1 amide bonds. The molecule has 1 aliphatic heterocycles. The topological polar surface area (TPSA) is 67.2 Å². The Morgan fingerprint density at radius 3 is 2.55 bits per heavy atom. The van der Waals surface area contributed by atoms with Crippen molar-refractivity contribution in [3.05, 3.63) is 70.6 Å². The zero-order chi connectivity index (χ0) is 21.6. The fourth-order valence-electron chi connectivity index (χ4n) is 4.32. The van der Waals surface area contributed by atoms with E-state index in [1.165, 1.54) is 30.5 Å². The van der Waals surface area contributed by atoms with Gasteiger partial charge >= 0.3 is 0 Å². The predicted molar refractivity (Wildman–Crippen MR) is 124 cm³/mol. The number of rotatable bonds is 7. The molecular formula is C25H30N4O2. The van der Waals surface area contributed by atoms with E-state index in [1.54, 1.807) is 12.1 Å². The van der Waals surface area contributed by atoms with Crippen LogP contribution in [0.1, 0.15) is 49.5 Å². The maximum atomic E-state index is 13.0. The van der Waals surface area contributed by atoms with Crippen LogP contribution in [-0.2, 0) is 0 Å². The summed E-state index contributed by atoms with van der Waals surface area (Å²) in [6.07, 6.45) is 5.89. The second kappa shape index (κ2) is 9.88. The Bertz CT molecular complexity index is 1090. The SMILES string of the molecule is CC1CCCCN1CCCCNC(=O)c1nn(-c2ccccc2)c(=O)c2ccccc12. The molecule has 162 valence electrons. The molecule has 1 unspecified atom stereocenters. The van der Waals surface area contributed by atoms with Gasteiger partial charge in [0.05, 0.1) is 11.1 Å². The van der Waals surface area contributed by atoms with Gasteiger partial charge in [0, 0.05) is 18.0 Å². The summed E-state index contributed by atoms with van der Waals surface area (Å²) in [4.78, 5) is 28.5. The maximum absolute atomic E-state index is 13.0. The van der Waals surface area contributed by atoms with Crippen LogP contribution >= 0.6 is 0 Å². The van der Waals surface area contributed by atoms with Crippen LogP contribution in [-0.4, -0.2) is 46.3 Å². The Morgan fingerprint density at radius 1 is 1.03 bits per heavy atom. The monoisotopic (exact) mass is 418 g/mol. The van der Waals surface area contributed by atoms with Crippen molar-refractivity contribution in [1.82, 2.24) is 20.0 Å². The van der Waals surface area contributed by atoms with Crippen molar-refractivity contribution in [2.75, 3.05) is 19.6 Å². The third-order valence-electron chi connectivity index (χ3n) is 6.12. The average Bonchev–Trinajstić information content (AvgIpc) is 2.81. The van der Waals surface area contributed by atoms with Gasteiger partial charge in [-0.3, -0.25) is 9.59 Å². The second-order valence-electron chi connectivity index (χ2n) is 8.29. The second-order valence-corrected chi connectivity index (χ2v) is 8.29. The third kappa shape index (κ3) is 4.85. The minimum absolute atomic E-state index is 0.228. The van der Waals surface area contributed by atoms with Crippen LogP contribution in [0.4, 0.5) is 0 Å². The number of unbranched alkanes of at least 4 members (excludes halogenated alkanes) is 1. The van der Waals surface area contributed by atoms with E-state index in [2.05, 4.69) is 22.2 Å². The van der Waals surface area contributed by atoms with Crippen molar-refractivity contribution in [2.45, 2.75) is 45.1 Å². The van der Waals surface area contributed by atoms with E-state index in [1.807, 2.05) is 42.5 Å². The molecule has 1 saturated heterocycles. The molecule has 4 rings (SSSR count). The lowest BCUT2D eigenvalue weighted by molar-refractivity contribution is 0.0946. The van der Waals surface area contributed by atoms with Gasteiger partial charge < -0.3 is 10.2 Å². The number of aromatic nitrogens is 2. The number of fused-ring (bicyclic) bond motifs is 1. The molecule has 1 aromatic heterocycles. The van der Waals surface area contributed by atoms with Crippen molar-refractivity contribution in [3.8, 4) is 5.69 Å². The van der Waals surface area contributed by atoms with Gasteiger partial charge in [0.15, 0.2) is 5.69 Å². The van der Waals surface area contributed by atoms with Crippen LogP contribution in [0, 0.1) is 0 Å². The van der Waals surface area contributed by atoms with Gasteiger partial charge in [-0.15, -0.1) is 0 Å².